The molecular weight excluding hydrogens is 340 g/mol. The van der Waals surface area contributed by atoms with E-state index in [-0.39, 0.29) is 5.91 Å². The van der Waals surface area contributed by atoms with E-state index in [4.69, 9.17) is 0 Å². The molecule has 1 saturated heterocycles. The number of hydrogen-bond acceptors (Lipinski definition) is 5. The Hall–Kier alpha value is -3.11. The van der Waals surface area contributed by atoms with Gasteiger partial charge in [0, 0.05) is 26.2 Å². The van der Waals surface area contributed by atoms with Gasteiger partial charge in [-0.3, -0.25) is 9.36 Å². The van der Waals surface area contributed by atoms with Crippen LogP contribution in [0.3, 0.4) is 0 Å². The van der Waals surface area contributed by atoms with Crippen LogP contribution >= 0.6 is 0 Å². The molecule has 1 aromatic heterocycles. The number of piperazine rings is 1. The summed E-state index contributed by atoms with van der Waals surface area (Å²) in [5.74, 6) is 6.44. The number of carbonyl (C=O) groups is 1. The van der Waals surface area contributed by atoms with Crippen molar-refractivity contribution in [2.75, 3.05) is 31.1 Å². The molecule has 3 rings (SSSR count). The zero-order valence-electron chi connectivity index (χ0n) is 15.7. The van der Waals surface area contributed by atoms with Crippen LogP contribution in [0.2, 0.25) is 0 Å². The van der Waals surface area contributed by atoms with Crippen LogP contribution in [0.5, 0.6) is 0 Å². The van der Waals surface area contributed by atoms with Crippen molar-refractivity contribution in [3.05, 3.63) is 47.3 Å². The number of aryl methyl sites for hydroxylation is 1. The molecule has 1 aliphatic heterocycles. The Morgan fingerprint density at radius 3 is 2.78 bits per heavy atom. The standard InChI is InChI=1S/C20H24N6O/c1-3-4-12-26-18(16(2)23-20(26)25-13-10-21-11-14-25)19(27)24-22-15-17-8-6-5-7-9-17/h5-9,15,21H,10-14H2,1-2H3,(H,24,27)/b22-15+. The fourth-order valence-corrected chi connectivity index (χ4v) is 3.02. The van der Waals surface area contributed by atoms with E-state index in [1.807, 2.05) is 41.8 Å². The molecule has 0 atom stereocenters. The molecule has 0 radical (unpaired) electrons. The van der Waals surface area contributed by atoms with Crippen LogP contribution in [0.1, 0.15) is 28.7 Å². The molecule has 7 nitrogen and oxygen atoms in total. The van der Waals surface area contributed by atoms with Gasteiger partial charge in [0.05, 0.1) is 18.5 Å². The molecule has 0 bridgehead atoms. The van der Waals surface area contributed by atoms with Gasteiger partial charge in [-0.05, 0) is 19.4 Å². The van der Waals surface area contributed by atoms with Crippen molar-refractivity contribution in [3.63, 3.8) is 0 Å². The Balaban J connectivity index is 1.83. The van der Waals surface area contributed by atoms with Gasteiger partial charge in [-0.1, -0.05) is 36.3 Å². The zero-order chi connectivity index (χ0) is 19.1. The molecule has 1 aromatic carbocycles. The molecule has 1 amide bonds. The predicted molar refractivity (Wildman–Crippen MR) is 107 cm³/mol. The number of nitrogens with one attached hydrogen (secondary N) is 2. The van der Waals surface area contributed by atoms with Crippen molar-refractivity contribution in [1.29, 1.82) is 0 Å². The van der Waals surface area contributed by atoms with Gasteiger partial charge >= 0.3 is 0 Å². The lowest BCUT2D eigenvalue weighted by Crippen LogP contribution is -2.44. The van der Waals surface area contributed by atoms with Crippen molar-refractivity contribution < 1.29 is 4.79 Å². The van der Waals surface area contributed by atoms with Gasteiger partial charge in [0.1, 0.15) is 5.69 Å². The summed E-state index contributed by atoms with van der Waals surface area (Å²) >= 11 is 0. The quantitative estimate of drug-likeness (QED) is 0.478. The third kappa shape index (κ3) is 4.54. The number of hydrazone groups is 1. The van der Waals surface area contributed by atoms with Crippen molar-refractivity contribution in [2.45, 2.75) is 20.4 Å². The van der Waals surface area contributed by atoms with Gasteiger partial charge in [0.2, 0.25) is 5.95 Å². The summed E-state index contributed by atoms with van der Waals surface area (Å²) < 4.78 is 1.88. The van der Waals surface area contributed by atoms with E-state index in [1.165, 1.54) is 0 Å². The second-order valence-electron chi connectivity index (χ2n) is 6.21. The Kier molecular flexibility index (Phi) is 6.23. The molecule has 0 spiro atoms. The second kappa shape index (κ2) is 9.01. The van der Waals surface area contributed by atoms with Gasteiger partial charge in [-0.25, -0.2) is 10.4 Å². The largest absolute Gasteiger partial charge is 0.340 e. The van der Waals surface area contributed by atoms with Crippen LogP contribution in [-0.2, 0) is 6.54 Å². The summed E-state index contributed by atoms with van der Waals surface area (Å²) in [6.07, 6.45) is 1.62. The maximum Gasteiger partial charge on any atom is 0.290 e. The number of nitrogens with zero attached hydrogens (tertiary/aromatic N) is 4. The van der Waals surface area contributed by atoms with Gasteiger partial charge in [0.25, 0.3) is 5.91 Å². The Morgan fingerprint density at radius 1 is 1.33 bits per heavy atom. The number of imidazole rings is 1. The lowest BCUT2D eigenvalue weighted by Gasteiger charge is -2.28. The molecule has 7 heteroatoms. The minimum atomic E-state index is -0.286. The summed E-state index contributed by atoms with van der Waals surface area (Å²) in [6.45, 7) is 7.55. The Bertz CT molecular complexity index is 869. The molecule has 1 fully saturated rings. The Morgan fingerprint density at radius 2 is 2.07 bits per heavy atom. The summed E-state index contributed by atoms with van der Waals surface area (Å²) in [5.41, 5.74) is 4.70. The van der Waals surface area contributed by atoms with Gasteiger partial charge in [-0.15, -0.1) is 5.92 Å². The van der Waals surface area contributed by atoms with E-state index >= 15 is 0 Å². The van der Waals surface area contributed by atoms with Crippen molar-refractivity contribution >= 4 is 18.1 Å². The second-order valence-corrected chi connectivity index (χ2v) is 6.21. The van der Waals surface area contributed by atoms with Crippen molar-refractivity contribution in [2.24, 2.45) is 5.10 Å². The van der Waals surface area contributed by atoms with E-state index in [9.17, 15) is 4.79 Å². The number of rotatable bonds is 5. The highest BCUT2D eigenvalue weighted by Crippen LogP contribution is 2.20. The average Bonchev–Trinajstić information content (AvgIpc) is 3.04. The molecule has 1 aliphatic rings. The van der Waals surface area contributed by atoms with Gasteiger partial charge < -0.3 is 10.2 Å². The smallest absolute Gasteiger partial charge is 0.290 e. The lowest BCUT2D eigenvalue weighted by atomic mass is 10.2. The molecule has 2 N–H and O–H groups in total. The van der Waals surface area contributed by atoms with Crippen LogP contribution < -0.4 is 15.6 Å². The molecule has 2 heterocycles. The van der Waals surface area contributed by atoms with Crippen LogP contribution in [0.15, 0.2) is 35.4 Å². The number of carbonyl (C=O) groups excluding carboxylic acids is 1. The highest BCUT2D eigenvalue weighted by molar-refractivity contribution is 5.95. The highest BCUT2D eigenvalue weighted by atomic mass is 16.2. The molecule has 2 aromatic rings. The minimum absolute atomic E-state index is 0.286. The van der Waals surface area contributed by atoms with E-state index in [0.29, 0.717) is 17.9 Å². The number of benzene rings is 1. The fraction of sp³-hybridized carbons (Fsp3) is 0.350. The first-order chi connectivity index (χ1) is 13.2. The first-order valence-corrected chi connectivity index (χ1v) is 9.01. The molecule has 140 valence electrons. The molecule has 0 unspecified atom stereocenters. The highest BCUT2D eigenvalue weighted by Gasteiger charge is 2.24. The van der Waals surface area contributed by atoms with Crippen LogP contribution in [-0.4, -0.2) is 47.9 Å². The minimum Gasteiger partial charge on any atom is -0.340 e. The van der Waals surface area contributed by atoms with E-state index in [1.54, 1.807) is 13.1 Å². The third-order valence-electron chi connectivity index (χ3n) is 4.33. The van der Waals surface area contributed by atoms with Gasteiger partial charge in [-0.2, -0.15) is 5.10 Å². The first-order valence-electron chi connectivity index (χ1n) is 9.01. The lowest BCUT2D eigenvalue weighted by molar-refractivity contribution is 0.0946. The number of aromatic nitrogens is 2. The molecular formula is C20H24N6O. The average molecular weight is 364 g/mol. The van der Waals surface area contributed by atoms with Crippen LogP contribution in [0, 0.1) is 18.8 Å². The zero-order valence-corrected chi connectivity index (χ0v) is 15.7. The number of anilines is 1. The predicted octanol–water partition coefficient (Wildman–Crippen LogP) is 1.39. The van der Waals surface area contributed by atoms with Crippen molar-refractivity contribution in [1.82, 2.24) is 20.3 Å². The summed E-state index contributed by atoms with van der Waals surface area (Å²) in [7, 11) is 0. The maximum atomic E-state index is 12.8. The first kappa shape index (κ1) is 18.7. The van der Waals surface area contributed by atoms with E-state index < -0.39 is 0 Å². The molecule has 0 aliphatic carbocycles. The van der Waals surface area contributed by atoms with Gasteiger partial charge in [0.15, 0.2) is 0 Å². The topological polar surface area (TPSA) is 74.6 Å². The third-order valence-corrected chi connectivity index (χ3v) is 4.33. The molecule has 0 saturated carbocycles. The number of hydrogen-bond donors (Lipinski definition) is 2. The normalized spacial score (nSPS) is 14.1. The fourth-order valence-electron chi connectivity index (χ4n) is 3.02. The Labute approximate surface area is 159 Å². The SMILES string of the molecule is CC#CCn1c(N2CCNCC2)nc(C)c1C(=O)N/N=C/c1ccccc1. The molecule has 27 heavy (non-hydrogen) atoms. The summed E-state index contributed by atoms with van der Waals surface area (Å²) in [4.78, 5) is 19.6. The van der Waals surface area contributed by atoms with Crippen molar-refractivity contribution in [3.8, 4) is 11.8 Å². The number of amides is 1. The van der Waals surface area contributed by atoms with Crippen LogP contribution in [0.25, 0.3) is 0 Å². The monoisotopic (exact) mass is 364 g/mol. The maximum absolute atomic E-state index is 12.8. The summed E-state index contributed by atoms with van der Waals surface area (Å²) in [6, 6.07) is 9.62. The van der Waals surface area contributed by atoms with E-state index in [2.05, 4.69) is 37.6 Å². The van der Waals surface area contributed by atoms with Crippen LogP contribution in [0.4, 0.5) is 5.95 Å². The van der Waals surface area contributed by atoms with E-state index in [0.717, 1.165) is 37.7 Å². The summed E-state index contributed by atoms with van der Waals surface area (Å²) in [5, 5.41) is 7.41.